The third-order valence-corrected chi connectivity index (χ3v) is 7.28. The number of methoxy groups -OCH3 is 1. The zero-order valence-electron chi connectivity index (χ0n) is 17.3. The van der Waals surface area contributed by atoms with Gasteiger partial charge in [0, 0.05) is 30.3 Å². The molecule has 0 spiro atoms. The lowest BCUT2D eigenvalue weighted by molar-refractivity contribution is -0.120. The molecular formula is C21H22N4O6S. The molecule has 1 aromatic heterocycles. The molecule has 2 heterocycles. The minimum Gasteiger partial charge on any atom is -0.497 e. The summed E-state index contributed by atoms with van der Waals surface area (Å²) in [5.74, 6) is -0.308. The number of anilines is 1. The zero-order chi connectivity index (χ0) is 22.7. The van der Waals surface area contributed by atoms with Crippen LogP contribution in [0.3, 0.4) is 0 Å². The molecule has 11 heteroatoms. The van der Waals surface area contributed by atoms with Gasteiger partial charge in [-0.1, -0.05) is 17.3 Å². The van der Waals surface area contributed by atoms with E-state index in [9.17, 15) is 18.0 Å². The van der Waals surface area contributed by atoms with Crippen LogP contribution in [0.4, 0.5) is 5.69 Å². The van der Waals surface area contributed by atoms with E-state index in [1.807, 2.05) is 0 Å². The Morgan fingerprint density at radius 1 is 1.19 bits per heavy atom. The summed E-state index contributed by atoms with van der Waals surface area (Å²) in [6, 6.07) is 13.1. The Kier molecular flexibility index (Phi) is 6.10. The summed E-state index contributed by atoms with van der Waals surface area (Å²) in [4.78, 5) is 26.5. The van der Waals surface area contributed by atoms with Crippen molar-refractivity contribution in [2.75, 3.05) is 25.5 Å². The van der Waals surface area contributed by atoms with Gasteiger partial charge in [-0.15, -0.1) is 0 Å². The first-order valence-corrected chi connectivity index (χ1v) is 11.4. The Balaban J connectivity index is 1.38. The van der Waals surface area contributed by atoms with Crippen LogP contribution in [0.5, 0.6) is 5.75 Å². The summed E-state index contributed by atoms with van der Waals surface area (Å²) in [6.45, 7) is 0.513. The second kappa shape index (κ2) is 8.97. The van der Waals surface area contributed by atoms with Crippen LogP contribution in [0, 0.1) is 5.92 Å². The predicted molar refractivity (Wildman–Crippen MR) is 116 cm³/mol. The molecule has 2 aromatic carbocycles. The molecule has 32 heavy (non-hydrogen) atoms. The summed E-state index contributed by atoms with van der Waals surface area (Å²) in [6.07, 6.45) is 0.828. The molecule has 0 saturated carbocycles. The van der Waals surface area contributed by atoms with Crippen LogP contribution in [0.1, 0.15) is 12.8 Å². The fourth-order valence-electron chi connectivity index (χ4n) is 3.60. The van der Waals surface area contributed by atoms with Crippen molar-refractivity contribution in [1.82, 2.24) is 14.4 Å². The number of carbonyl (C=O) groups is 1. The number of ether oxygens (including phenoxy) is 1. The molecule has 4 rings (SSSR count). The number of nitrogens with zero attached hydrogens (tertiary/aromatic N) is 2. The van der Waals surface area contributed by atoms with E-state index in [1.54, 1.807) is 36.4 Å². The van der Waals surface area contributed by atoms with Crippen molar-refractivity contribution in [3.63, 3.8) is 0 Å². The van der Waals surface area contributed by atoms with Gasteiger partial charge in [0.05, 0.1) is 12.0 Å². The fourth-order valence-corrected chi connectivity index (χ4v) is 5.07. The maximum Gasteiger partial charge on any atom is 0.439 e. The molecule has 1 aliphatic rings. The highest BCUT2D eigenvalue weighted by Crippen LogP contribution is 2.26. The topological polar surface area (TPSA) is 135 Å². The summed E-state index contributed by atoms with van der Waals surface area (Å²) >= 11 is 0. The number of carbonyl (C=O) groups excluding carboxylic acids is 1. The molecule has 1 fully saturated rings. The van der Waals surface area contributed by atoms with Crippen molar-refractivity contribution in [1.29, 1.82) is 0 Å². The Morgan fingerprint density at radius 3 is 2.53 bits per heavy atom. The normalized spacial score (nSPS) is 15.4. The predicted octanol–water partition coefficient (Wildman–Crippen LogP) is 2.08. The van der Waals surface area contributed by atoms with E-state index in [0.29, 0.717) is 29.8 Å². The molecule has 1 saturated heterocycles. The van der Waals surface area contributed by atoms with Gasteiger partial charge in [-0.2, -0.15) is 4.31 Å². The van der Waals surface area contributed by atoms with Crippen molar-refractivity contribution >= 4 is 21.6 Å². The highest BCUT2D eigenvalue weighted by molar-refractivity contribution is 7.89. The number of amides is 1. The Hall–Kier alpha value is -3.44. The van der Waals surface area contributed by atoms with Crippen molar-refractivity contribution in [2.45, 2.75) is 17.7 Å². The number of piperidine rings is 1. The van der Waals surface area contributed by atoms with Gasteiger partial charge in [-0.3, -0.25) is 14.3 Å². The molecule has 1 aliphatic heterocycles. The second-order valence-corrected chi connectivity index (χ2v) is 9.31. The van der Waals surface area contributed by atoms with E-state index < -0.39 is 15.8 Å². The monoisotopic (exact) mass is 458 g/mol. The molecule has 0 radical (unpaired) electrons. The molecule has 0 atom stereocenters. The number of hydrogen-bond donors (Lipinski definition) is 2. The maximum atomic E-state index is 12.9. The van der Waals surface area contributed by atoms with Crippen LogP contribution in [-0.2, 0) is 14.8 Å². The molecule has 0 bridgehead atoms. The maximum absolute atomic E-state index is 12.9. The first-order valence-electron chi connectivity index (χ1n) is 9.98. The van der Waals surface area contributed by atoms with E-state index >= 15 is 0 Å². The third-order valence-electron chi connectivity index (χ3n) is 5.37. The van der Waals surface area contributed by atoms with Crippen LogP contribution in [0.2, 0.25) is 0 Å². The van der Waals surface area contributed by atoms with Crippen molar-refractivity contribution in [3.8, 4) is 17.1 Å². The largest absolute Gasteiger partial charge is 0.497 e. The molecule has 3 aromatic rings. The third kappa shape index (κ3) is 4.58. The molecule has 1 amide bonds. The van der Waals surface area contributed by atoms with Gasteiger partial charge in [-0.05, 0) is 49.2 Å². The number of aromatic nitrogens is 2. The van der Waals surface area contributed by atoms with Gasteiger partial charge in [0.25, 0.3) is 0 Å². The Morgan fingerprint density at radius 2 is 1.91 bits per heavy atom. The van der Waals surface area contributed by atoms with Crippen LogP contribution >= 0.6 is 0 Å². The lowest BCUT2D eigenvalue weighted by Crippen LogP contribution is -2.41. The zero-order valence-corrected chi connectivity index (χ0v) is 18.1. The minimum absolute atomic E-state index is 0.183. The summed E-state index contributed by atoms with van der Waals surface area (Å²) < 4.78 is 36.7. The SMILES string of the molecule is COc1ccc(S(=O)(=O)N2CCC(C(=O)Nc3cccc(-c4noc(=O)[nH]4)c3)CC2)cc1. The Labute approximate surface area is 184 Å². The Bertz CT molecular complexity index is 1260. The second-order valence-electron chi connectivity index (χ2n) is 7.37. The highest BCUT2D eigenvalue weighted by atomic mass is 32.2. The summed E-state index contributed by atoms with van der Waals surface area (Å²) in [5, 5.41) is 6.49. The van der Waals surface area contributed by atoms with Gasteiger partial charge in [-0.25, -0.2) is 13.2 Å². The van der Waals surface area contributed by atoms with Gasteiger partial charge >= 0.3 is 5.76 Å². The van der Waals surface area contributed by atoms with Crippen molar-refractivity contribution in [2.24, 2.45) is 5.92 Å². The number of rotatable bonds is 6. The molecule has 10 nitrogen and oxygen atoms in total. The van der Waals surface area contributed by atoms with E-state index in [1.165, 1.54) is 23.5 Å². The average molecular weight is 458 g/mol. The van der Waals surface area contributed by atoms with E-state index in [-0.39, 0.29) is 35.6 Å². The summed E-state index contributed by atoms with van der Waals surface area (Å²) in [7, 11) is -2.11. The van der Waals surface area contributed by atoms with Crippen molar-refractivity contribution in [3.05, 3.63) is 59.1 Å². The smallest absolute Gasteiger partial charge is 0.439 e. The van der Waals surface area contributed by atoms with Crippen LogP contribution in [-0.4, -0.2) is 49.0 Å². The standard InChI is InChI=1S/C21H22N4O6S/c1-30-17-5-7-18(8-6-17)32(28,29)25-11-9-14(10-12-25)20(26)22-16-4-2-3-15(13-16)19-23-21(27)31-24-19/h2-8,13-14H,9-12H2,1H3,(H,22,26)(H,23,24,27). The lowest BCUT2D eigenvalue weighted by atomic mass is 9.97. The van der Waals surface area contributed by atoms with E-state index in [2.05, 4.69) is 20.0 Å². The highest BCUT2D eigenvalue weighted by Gasteiger charge is 2.32. The minimum atomic E-state index is -3.63. The quantitative estimate of drug-likeness (QED) is 0.577. The number of H-pyrrole nitrogens is 1. The number of nitrogens with one attached hydrogen (secondary N) is 2. The van der Waals surface area contributed by atoms with Gasteiger partial charge in [0.2, 0.25) is 15.9 Å². The molecule has 0 unspecified atom stereocenters. The lowest BCUT2D eigenvalue weighted by Gasteiger charge is -2.30. The van der Waals surface area contributed by atoms with Gasteiger partial charge in [0.1, 0.15) is 5.75 Å². The van der Waals surface area contributed by atoms with Crippen LogP contribution in [0.25, 0.3) is 11.4 Å². The molecular weight excluding hydrogens is 436 g/mol. The first kappa shape index (κ1) is 21.8. The average Bonchev–Trinajstić information content (AvgIpc) is 3.25. The summed E-state index contributed by atoms with van der Waals surface area (Å²) in [5.41, 5.74) is 1.14. The molecule has 2 N–H and O–H groups in total. The van der Waals surface area contributed by atoms with Crippen LogP contribution in [0.15, 0.2) is 62.7 Å². The van der Waals surface area contributed by atoms with E-state index in [0.717, 1.165) is 0 Å². The van der Waals surface area contributed by atoms with Gasteiger partial charge < -0.3 is 10.1 Å². The number of hydrogen-bond acceptors (Lipinski definition) is 7. The van der Waals surface area contributed by atoms with Crippen molar-refractivity contribution < 1.29 is 22.5 Å². The number of sulfonamides is 1. The number of benzene rings is 2. The molecule has 168 valence electrons. The van der Waals surface area contributed by atoms with Crippen LogP contribution < -0.4 is 15.8 Å². The fraction of sp³-hybridized carbons (Fsp3) is 0.286. The van der Waals surface area contributed by atoms with Gasteiger partial charge in [0.15, 0.2) is 5.82 Å². The number of aromatic amines is 1. The first-order chi connectivity index (χ1) is 15.4. The molecule has 0 aliphatic carbocycles. The van der Waals surface area contributed by atoms with E-state index in [4.69, 9.17) is 4.74 Å².